The molecule has 0 atom stereocenters. The van der Waals surface area contributed by atoms with Crippen LogP contribution in [0.25, 0.3) is 21.1 Å². The van der Waals surface area contributed by atoms with Crippen molar-refractivity contribution in [2.75, 3.05) is 5.88 Å². The number of hydrogen-bond donors (Lipinski definition) is 1. The number of nitrogens with two attached hydrogens (primary N) is 1. The lowest BCUT2D eigenvalue weighted by molar-refractivity contribution is -0.114. The van der Waals surface area contributed by atoms with Crippen LogP contribution in [0.5, 0.6) is 0 Å². The van der Waals surface area contributed by atoms with E-state index in [0.717, 1.165) is 22.4 Å². The smallest absolute Gasteiger partial charge is 0.248 e. The number of alkyl halides is 1. The van der Waals surface area contributed by atoms with Gasteiger partial charge in [0.25, 0.3) is 0 Å². The number of carbonyl (C=O) groups excluding carboxylic acids is 2. The molecule has 0 bridgehead atoms. The number of primary amides is 1. The molecule has 1 amide bonds. The van der Waals surface area contributed by atoms with E-state index in [-0.39, 0.29) is 11.7 Å². The molecule has 0 spiro atoms. The van der Waals surface area contributed by atoms with Gasteiger partial charge >= 0.3 is 0 Å². The van der Waals surface area contributed by atoms with Crippen molar-refractivity contribution in [1.82, 2.24) is 4.98 Å². The fourth-order valence-electron chi connectivity index (χ4n) is 2.29. The summed E-state index contributed by atoms with van der Waals surface area (Å²) in [5, 5.41) is 0. The molecule has 3 aromatic rings. The largest absolute Gasteiger partial charge is 0.444 e. The number of amides is 1. The van der Waals surface area contributed by atoms with Gasteiger partial charge in [0, 0.05) is 22.3 Å². The summed E-state index contributed by atoms with van der Waals surface area (Å²) < 4.78 is 5.29. The van der Waals surface area contributed by atoms with Crippen LogP contribution in [0.3, 0.4) is 0 Å². The van der Waals surface area contributed by atoms with Gasteiger partial charge in [-0.05, 0) is 38.1 Å². The zero-order valence-corrected chi connectivity index (χ0v) is 18.6. The third-order valence-corrected chi connectivity index (χ3v) is 4.09. The first-order valence-corrected chi connectivity index (χ1v) is 9.96. The fraction of sp³-hybridized carbons (Fsp3) is 0.208. The van der Waals surface area contributed by atoms with E-state index in [4.69, 9.17) is 34.9 Å². The fourth-order valence-corrected chi connectivity index (χ4v) is 2.29. The molecule has 2 aromatic carbocycles. The number of benzene rings is 2. The maximum absolute atomic E-state index is 10.7. The second-order valence-electron chi connectivity index (χ2n) is 6.53. The predicted octanol–water partition coefficient (Wildman–Crippen LogP) is 5.09. The van der Waals surface area contributed by atoms with Crippen molar-refractivity contribution in [2.24, 2.45) is 5.73 Å². The van der Waals surface area contributed by atoms with Gasteiger partial charge in [-0.15, -0.1) is 11.6 Å². The van der Waals surface area contributed by atoms with E-state index in [0.29, 0.717) is 24.5 Å². The Morgan fingerprint density at radius 3 is 2.09 bits per heavy atom. The van der Waals surface area contributed by atoms with Crippen LogP contribution in [-0.2, 0) is 17.9 Å². The van der Waals surface area contributed by atoms with Gasteiger partial charge in [-0.3, -0.25) is 9.59 Å². The average molecular weight is 451 g/mol. The summed E-state index contributed by atoms with van der Waals surface area (Å²) in [6.07, 6.45) is 1.62. The third kappa shape index (κ3) is 9.71. The number of hydrogen-bond acceptors (Lipinski definition) is 4. The van der Waals surface area contributed by atoms with E-state index < -0.39 is 5.91 Å². The summed E-state index contributed by atoms with van der Waals surface area (Å²) in [5.41, 5.74) is 9.10. The summed E-state index contributed by atoms with van der Waals surface area (Å²) in [5.74, 6) is 0.313. The molecule has 0 aliphatic rings. The maximum Gasteiger partial charge on any atom is 0.248 e. The highest BCUT2D eigenvalue weighted by Gasteiger charge is 2.05. The number of aryl methyl sites for hydroxylation is 1. The quantitative estimate of drug-likeness (QED) is 0.432. The summed E-state index contributed by atoms with van der Waals surface area (Å²) >= 11 is 4.99. The van der Waals surface area contributed by atoms with Crippen LogP contribution in [0.2, 0.25) is 0 Å². The van der Waals surface area contributed by atoms with Gasteiger partial charge in [-0.25, -0.2) is 18.1 Å². The first-order chi connectivity index (χ1) is 15.3. The van der Waals surface area contributed by atoms with Crippen LogP contribution in [0.1, 0.15) is 34.1 Å². The van der Waals surface area contributed by atoms with Gasteiger partial charge in [-0.1, -0.05) is 24.3 Å². The molecule has 0 saturated carbocycles. The van der Waals surface area contributed by atoms with Crippen LogP contribution in [0.4, 0.5) is 0 Å². The van der Waals surface area contributed by atoms with Gasteiger partial charge < -0.3 is 19.8 Å². The van der Waals surface area contributed by atoms with Gasteiger partial charge in [0.15, 0.2) is 0 Å². The molecule has 0 aliphatic heterocycles. The van der Waals surface area contributed by atoms with Crippen molar-refractivity contribution in [2.45, 2.75) is 26.9 Å². The normalized spacial score (nSPS) is 9.16. The number of carbonyl (C=O) groups is 2. The Balaban J connectivity index is 0.000000270. The number of oxazole rings is 1. The molecule has 2 N–H and O–H groups in total. The minimum Gasteiger partial charge on any atom is -0.444 e. The minimum atomic E-state index is -0.457. The second kappa shape index (κ2) is 14.1. The molecule has 0 saturated heterocycles. The monoisotopic (exact) mass is 450 g/mol. The molecule has 8 heteroatoms. The van der Waals surface area contributed by atoms with Gasteiger partial charge in [-0.2, -0.15) is 0 Å². The summed E-state index contributed by atoms with van der Waals surface area (Å²) in [6.45, 7) is 17.5. The number of Topliss-reactive ketones (excluding diaryl/α,β-unsaturated/α-hetero) is 1. The van der Waals surface area contributed by atoms with Crippen molar-refractivity contribution in [1.29, 1.82) is 0 Å². The first-order valence-electron chi connectivity index (χ1n) is 9.42. The van der Waals surface area contributed by atoms with Crippen molar-refractivity contribution < 1.29 is 14.0 Å². The molecule has 164 valence electrons. The number of halogens is 1. The van der Waals surface area contributed by atoms with Crippen molar-refractivity contribution in [3.05, 3.63) is 100 Å². The number of nitrogens with zero attached hydrogens (tertiary/aromatic N) is 3. The standard InChI is InChI=1S/C12H10N2O.C9H8N2O.C3H5ClO/c1-9-8-15-12(14-9)11-5-3-4-10(6-11)7-13-2;1-11-6-7-3-2-4-8(5-7)9(10)12;1-3(5)2-4/h3-6,8H,7H2,1H3;2-5H,6H2,(H2,10,12);2H2,1H3. The number of rotatable bonds is 5. The molecule has 0 unspecified atom stereocenters. The zero-order chi connectivity index (χ0) is 23.9. The van der Waals surface area contributed by atoms with E-state index >= 15 is 0 Å². The van der Waals surface area contributed by atoms with E-state index in [1.54, 1.807) is 30.5 Å². The Hall–Kier alpha value is -3.94. The summed E-state index contributed by atoms with van der Waals surface area (Å²) in [4.78, 5) is 31.2. The zero-order valence-electron chi connectivity index (χ0n) is 17.8. The molecular formula is C24H23ClN4O3. The van der Waals surface area contributed by atoms with Crippen molar-refractivity contribution in [3.63, 3.8) is 0 Å². The maximum atomic E-state index is 10.7. The number of ketones is 1. The van der Waals surface area contributed by atoms with Crippen LogP contribution in [0, 0.1) is 20.1 Å². The highest BCUT2D eigenvalue weighted by atomic mass is 35.5. The van der Waals surface area contributed by atoms with Gasteiger partial charge in [0.05, 0.1) is 11.6 Å². The van der Waals surface area contributed by atoms with E-state index in [9.17, 15) is 9.59 Å². The molecule has 0 fully saturated rings. The van der Waals surface area contributed by atoms with Crippen LogP contribution in [-0.4, -0.2) is 22.6 Å². The molecule has 32 heavy (non-hydrogen) atoms. The molecule has 1 heterocycles. The third-order valence-electron chi connectivity index (χ3n) is 3.72. The summed E-state index contributed by atoms with van der Waals surface area (Å²) in [7, 11) is 0. The Kier molecular flexibility index (Phi) is 11.5. The highest BCUT2D eigenvalue weighted by Crippen LogP contribution is 2.19. The van der Waals surface area contributed by atoms with Crippen LogP contribution < -0.4 is 5.73 Å². The minimum absolute atomic E-state index is 0.0201. The first kappa shape index (κ1) is 26.1. The van der Waals surface area contributed by atoms with Crippen molar-refractivity contribution >= 4 is 23.3 Å². The topological polar surface area (TPSA) is 94.9 Å². The van der Waals surface area contributed by atoms with E-state index in [1.165, 1.54) is 6.92 Å². The molecule has 3 rings (SSSR count). The van der Waals surface area contributed by atoms with E-state index in [1.807, 2.05) is 31.2 Å². The highest BCUT2D eigenvalue weighted by molar-refractivity contribution is 6.27. The van der Waals surface area contributed by atoms with Gasteiger partial charge in [0.2, 0.25) is 24.9 Å². The summed E-state index contributed by atoms with van der Waals surface area (Å²) in [6, 6.07) is 14.5. The molecule has 0 aliphatic carbocycles. The van der Waals surface area contributed by atoms with Crippen molar-refractivity contribution in [3.8, 4) is 11.5 Å². The van der Waals surface area contributed by atoms with Crippen LogP contribution in [0.15, 0.2) is 59.2 Å². The van der Waals surface area contributed by atoms with Gasteiger partial charge in [0.1, 0.15) is 12.0 Å². The Morgan fingerprint density at radius 2 is 1.62 bits per heavy atom. The average Bonchev–Trinajstić information content (AvgIpc) is 3.22. The lowest BCUT2D eigenvalue weighted by Gasteiger charge is -1.96. The van der Waals surface area contributed by atoms with E-state index in [2.05, 4.69) is 14.7 Å². The van der Waals surface area contributed by atoms with Crippen LogP contribution >= 0.6 is 11.6 Å². The lowest BCUT2D eigenvalue weighted by atomic mass is 10.1. The lowest BCUT2D eigenvalue weighted by Crippen LogP contribution is -2.10. The Bertz CT molecular complexity index is 1130. The Labute approximate surface area is 192 Å². The molecular weight excluding hydrogens is 428 g/mol. The number of aromatic nitrogens is 1. The Morgan fingerprint density at radius 1 is 1.06 bits per heavy atom. The SMILES string of the molecule is CC(=O)CCl.[C-]#[N+]Cc1cccc(-c2nc(C)co2)c1.[C-]#[N+]Cc1cccc(C(N)=O)c1. The molecule has 1 aromatic heterocycles. The molecule has 7 nitrogen and oxygen atoms in total. The molecule has 0 radical (unpaired) electrons. The second-order valence-corrected chi connectivity index (χ2v) is 6.79. The predicted molar refractivity (Wildman–Crippen MR) is 124 cm³/mol.